The van der Waals surface area contributed by atoms with Crippen molar-refractivity contribution in [3.05, 3.63) is 17.7 Å². The van der Waals surface area contributed by atoms with Crippen LogP contribution in [-0.2, 0) is 4.79 Å². The molecular formula is C10H14N4O4. The third-order valence-electron chi connectivity index (χ3n) is 2.23. The highest BCUT2D eigenvalue weighted by molar-refractivity contribution is 6.03. The Labute approximate surface area is 103 Å². The maximum atomic E-state index is 11.7. The van der Waals surface area contributed by atoms with Crippen molar-refractivity contribution in [2.24, 2.45) is 0 Å². The molecule has 3 N–H and O–H groups in total. The van der Waals surface area contributed by atoms with Gasteiger partial charge in [0.15, 0.2) is 11.4 Å². The summed E-state index contributed by atoms with van der Waals surface area (Å²) in [6, 6.07) is -0.758. The van der Waals surface area contributed by atoms with E-state index in [9.17, 15) is 14.4 Å². The number of aromatic amines is 1. The summed E-state index contributed by atoms with van der Waals surface area (Å²) in [5, 5.41) is 11.2. The number of hydrogen-bond donors (Lipinski definition) is 3. The molecule has 0 saturated carbocycles. The summed E-state index contributed by atoms with van der Waals surface area (Å²) >= 11 is 0. The zero-order valence-corrected chi connectivity index (χ0v) is 10.2. The van der Waals surface area contributed by atoms with Gasteiger partial charge in [0.2, 0.25) is 5.91 Å². The highest BCUT2D eigenvalue weighted by atomic mass is 16.4. The van der Waals surface area contributed by atoms with Gasteiger partial charge < -0.3 is 20.3 Å². The van der Waals surface area contributed by atoms with Crippen molar-refractivity contribution >= 4 is 17.8 Å². The van der Waals surface area contributed by atoms with Gasteiger partial charge in [-0.05, 0) is 6.92 Å². The monoisotopic (exact) mass is 254 g/mol. The number of carboxylic acid groups (broad SMARTS) is 1. The van der Waals surface area contributed by atoms with E-state index < -0.39 is 17.9 Å². The van der Waals surface area contributed by atoms with Gasteiger partial charge in [0, 0.05) is 14.1 Å². The van der Waals surface area contributed by atoms with Gasteiger partial charge in [-0.1, -0.05) is 0 Å². The molecule has 8 nitrogen and oxygen atoms in total. The Morgan fingerprint density at radius 3 is 2.56 bits per heavy atom. The second-order valence-electron chi connectivity index (χ2n) is 3.86. The van der Waals surface area contributed by atoms with E-state index in [1.54, 1.807) is 14.1 Å². The molecule has 98 valence electrons. The van der Waals surface area contributed by atoms with E-state index in [0.29, 0.717) is 0 Å². The first-order chi connectivity index (χ1) is 8.34. The molecule has 2 amide bonds. The van der Waals surface area contributed by atoms with Crippen molar-refractivity contribution in [3.63, 3.8) is 0 Å². The fourth-order valence-corrected chi connectivity index (χ4v) is 1.34. The molecule has 1 heterocycles. The number of aromatic carboxylic acids is 1. The van der Waals surface area contributed by atoms with Crippen LogP contribution < -0.4 is 5.32 Å². The molecular weight excluding hydrogens is 240 g/mol. The number of carbonyl (C=O) groups excluding carboxylic acids is 2. The molecule has 0 fully saturated rings. The molecule has 1 rings (SSSR count). The number of carboxylic acids is 1. The van der Waals surface area contributed by atoms with Crippen molar-refractivity contribution in [2.75, 3.05) is 14.1 Å². The van der Waals surface area contributed by atoms with E-state index in [2.05, 4.69) is 15.3 Å². The Balaban J connectivity index is 2.80. The Morgan fingerprint density at radius 2 is 2.06 bits per heavy atom. The molecule has 0 bridgehead atoms. The number of amides is 2. The highest BCUT2D eigenvalue weighted by Crippen LogP contribution is 2.03. The van der Waals surface area contributed by atoms with Crippen LogP contribution in [-0.4, -0.2) is 57.9 Å². The minimum absolute atomic E-state index is 0.249. The van der Waals surface area contributed by atoms with Gasteiger partial charge in [-0.15, -0.1) is 0 Å². The minimum Gasteiger partial charge on any atom is -0.477 e. The van der Waals surface area contributed by atoms with Crippen LogP contribution in [0.3, 0.4) is 0 Å². The summed E-state index contributed by atoms with van der Waals surface area (Å²) in [4.78, 5) is 41.4. The van der Waals surface area contributed by atoms with Crippen LogP contribution >= 0.6 is 0 Å². The number of nitrogens with zero attached hydrogens (tertiary/aromatic N) is 2. The topological polar surface area (TPSA) is 115 Å². The predicted octanol–water partition coefficient (Wildman–Crippen LogP) is -0.686. The number of H-pyrrole nitrogens is 1. The first-order valence-electron chi connectivity index (χ1n) is 5.13. The molecule has 1 atom stereocenters. The summed E-state index contributed by atoms with van der Waals surface area (Å²) in [6.07, 6.45) is 1.11. The van der Waals surface area contributed by atoms with E-state index >= 15 is 0 Å². The van der Waals surface area contributed by atoms with E-state index in [1.165, 1.54) is 11.8 Å². The molecule has 1 aromatic heterocycles. The molecule has 0 aliphatic carbocycles. The third kappa shape index (κ3) is 2.84. The van der Waals surface area contributed by atoms with Crippen LogP contribution in [0, 0.1) is 0 Å². The molecule has 18 heavy (non-hydrogen) atoms. The quantitative estimate of drug-likeness (QED) is 0.658. The average molecular weight is 254 g/mol. The Hall–Kier alpha value is -2.38. The standard InChI is InChI=1S/C10H14N4O4/c1-5(9(16)14(2)3)13-8(15)6-7(10(17)18)12-4-11-6/h4-5H,1-3H3,(H,11,12)(H,13,15)(H,17,18). The predicted molar refractivity (Wildman–Crippen MR) is 61.2 cm³/mol. The molecule has 0 spiro atoms. The van der Waals surface area contributed by atoms with E-state index in [1.807, 2.05) is 0 Å². The summed E-state index contributed by atoms with van der Waals surface area (Å²) in [5.74, 6) is -2.30. The Morgan fingerprint density at radius 1 is 1.44 bits per heavy atom. The van der Waals surface area contributed by atoms with E-state index in [4.69, 9.17) is 5.11 Å². The Kier molecular flexibility index (Phi) is 4.03. The normalized spacial score (nSPS) is 11.7. The van der Waals surface area contributed by atoms with Gasteiger partial charge in [0.1, 0.15) is 6.04 Å². The zero-order valence-electron chi connectivity index (χ0n) is 10.2. The summed E-state index contributed by atoms with van der Waals surface area (Å²) in [7, 11) is 3.12. The van der Waals surface area contributed by atoms with Gasteiger partial charge in [-0.2, -0.15) is 0 Å². The van der Waals surface area contributed by atoms with Gasteiger partial charge in [0.25, 0.3) is 5.91 Å². The largest absolute Gasteiger partial charge is 0.477 e. The molecule has 0 aliphatic rings. The lowest BCUT2D eigenvalue weighted by molar-refractivity contribution is -0.130. The smallest absolute Gasteiger partial charge is 0.354 e. The van der Waals surface area contributed by atoms with Crippen molar-refractivity contribution < 1.29 is 19.5 Å². The van der Waals surface area contributed by atoms with Gasteiger partial charge in [-0.3, -0.25) is 9.59 Å². The molecule has 8 heteroatoms. The van der Waals surface area contributed by atoms with Crippen LogP contribution in [0.4, 0.5) is 0 Å². The van der Waals surface area contributed by atoms with Crippen LogP contribution in [0.5, 0.6) is 0 Å². The van der Waals surface area contributed by atoms with E-state index in [-0.39, 0.29) is 17.3 Å². The molecule has 1 aromatic rings. The van der Waals surface area contributed by atoms with Crippen LogP contribution in [0.15, 0.2) is 6.33 Å². The summed E-state index contributed by atoms with van der Waals surface area (Å²) in [5.41, 5.74) is -0.557. The van der Waals surface area contributed by atoms with Gasteiger partial charge in [-0.25, -0.2) is 9.78 Å². The number of carbonyl (C=O) groups is 3. The SMILES string of the molecule is CC(NC(=O)c1nc[nH]c1C(=O)O)C(=O)N(C)C. The molecule has 0 aliphatic heterocycles. The van der Waals surface area contributed by atoms with Gasteiger partial charge in [0.05, 0.1) is 6.33 Å². The summed E-state index contributed by atoms with van der Waals surface area (Å²) in [6.45, 7) is 1.51. The number of rotatable bonds is 4. The number of nitrogens with one attached hydrogen (secondary N) is 2. The number of likely N-dealkylation sites (N-methyl/N-ethyl adjacent to an activating group) is 1. The fraction of sp³-hybridized carbons (Fsp3) is 0.400. The lowest BCUT2D eigenvalue weighted by atomic mass is 10.2. The van der Waals surface area contributed by atoms with E-state index in [0.717, 1.165) is 6.33 Å². The number of aromatic nitrogens is 2. The fourth-order valence-electron chi connectivity index (χ4n) is 1.34. The lowest BCUT2D eigenvalue weighted by Gasteiger charge is -2.17. The van der Waals surface area contributed by atoms with Crippen molar-refractivity contribution in [3.8, 4) is 0 Å². The van der Waals surface area contributed by atoms with Gasteiger partial charge >= 0.3 is 5.97 Å². The second kappa shape index (κ2) is 5.30. The van der Waals surface area contributed by atoms with Crippen LogP contribution in [0.1, 0.15) is 27.9 Å². The molecule has 0 radical (unpaired) electrons. The summed E-state index contributed by atoms with van der Waals surface area (Å²) < 4.78 is 0. The first kappa shape index (κ1) is 13.7. The minimum atomic E-state index is -1.29. The lowest BCUT2D eigenvalue weighted by Crippen LogP contribution is -2.44. The van der Waals surface area contributed by atoms with Crippen molar-refractivity contribution in [1.29, 1.82) is 0 Å². The maximum Gasteiger partial charge on any atom is 0.354 e. The maximum absolute atomic E-state index is 11.7. The zero-order chi connectivity index (χ0) is 13.9. The van der Waals surface area contributed by atoms with Crippen LogP contribution in [0.2, 0.25) is 0 Å². The average Bonchev–Trinajstić information content (AvgIpc) is 2.76. The molecule has 0 saturated heterocycles. The first-order valence-corrected chi connectivity index (χ1v) is 5.13. The second-order valence-corrected chi connectivity index (χ2v) is 3.86. The number of imidazole rings is 1. The van der Waals surface area contributed by atoms with Crippen molar-refractivity contribution in [2.45, 2.75) is 13.0 Å². The molecule has 0 aromatic carbocycles. The number of hydrogen-bond acceptors (Lipinski definition) is 4. The van der Waals surface area contributed by atoms with Crippen molar-refractivity contribution in [1.82, 2.24) is 20.2 Å². The molecule has 1 unspecified atom stereocenters. The Bertz CT molecular complexity index is 480. The highest BCUT2D eigenvalue weighted by Gasteiger charge is 2.23. The third-order valence-corrected chi connectivity index (χ3v) is 2.23. The van der Waals surface area contributed by atoms with Crippen LogP contribution in [0.25, 0.3) is 0 Å².